The summed E-state index contributed by atoms with van der Waals surface area (Å²) in [5.74, 6) is -8.05. The molecule has 0 aromatic heterocycles. The van der Waals surface area contributed by atoms with E-state index in [-0.39, 0.29) is 56.6 Å². The van der Waals surface area contributed by atoms with Crippen molar-refractivity contribution in [3.63, 3.8) is 0 Å². The molecule has 1 saturated heterocycles. The van der Waals surface area contributed by atoms with Crippen molar-refractivity contribution in [2.75, 3.05) is 33.3 Å². The number of likely N-dealkylation sites (tertiary alicyclic amines) is 1. The third kappa shape index (κ3) is 10.5. The number of nitrogens with zero attached hydrogens (tertiary/aromatic N) is 2. The number of methoxy groups -OCH3 is 1. The predicted octanol–water partition coefficient (Wildman–Crippen LogP) is 4.76. The third-order valence-electron chi connectivity index (χ3n) is 13.9. The van der Waals surface area contributed by atoms with Crippen molar-refractivity contribution in [2.24, 2.45) is 40.5 Å². The number of esters is 1. The van der Waals surface area contributed by atoms with Crippen molar-refractivity contribution in [3.05, 3.63) is 69.8 Å². The largest absolute Gasteiger partial charge is 0.507 e. The molecule has 0 saturated carbocycles. The second-order valence-electron chi connectivity index (χ2n) is 20.3. The minimum Gasteiger partial charge on any atom is -0.507 e. The predicted molar refractivity (Wildman–Crippen MR) is 254 cm³/mol. The Morgan fingerprint density at radius 2 is 1.62 bits per heavy atom. The number of carbonyl (C=O) groups is 5. The summed E-state index contributed by atoms with van der Waals surface area (Å²) in [5.41, 5.74) is -0.399. The van der Waals surface area contributed by atoms with Gasteiger partial charge < -0.3 is 55.1 Å². The van der Waals surface area contributed by atoms with Gasteiger partial charge in [0.1, 0.15) is 35.4 Å². The molecule has 1 fully saturated rings. The molecule has 0 radical (unpaired) electrons. The minimum absolute atomic E-state index is 0.00249. The van der Waals surface area contributed by atoms with Crippen LogP contribution in [0.1, 0.15) is 120 Å². The zero-order valence-electron chi connectivity index (χ0n) is 41.5. The summed E-state index contributed by atoms with van der Waals surface area (Å²) in [6.45, 7) is 22.2. The maximum atomic E-state index is 14.8. The number of aliphatic imine (C=N–C) groups is 1. The van der Waals surface area contributed by atoms with Gasteiger partial charge >= 0.3 is 11.8 Å². The molecular formula is C51H71N5O12. The highest BCUT2D eigenvalue weighted by atomic mass is 16.7. The van der Waals surface area contributed by atoms with Gasteiger partial charge in [0.05, 0.1) is 47.1 Å². The highest BCUT2D eigenvalue weighted by molar-refractivity contribution is 6.34. The molecule has 1 aliphatic carbocycles. The van der Waals surface area contributed by atoms with E-state index < -0.39 is 101 Å². The molecule has 6 rings (SSSR count). The zero-order valence-corrected chi connectivity index (χ0v) is 41.5. The monoisotopic (exact) mass is 946 g/mol. The lowest BCUT2D eigenvalue weighted by atomic mass is 9.78. The number of aromatic hydroxyl groups is 1. The quantitative estimate of drug-likeness (QED) is 0.153. The molecule has 4 aliphatic heterocycles. The number of phenolic OH excluding ortho intramolecular Hbond substituents is 1. The molecule has 4 heterocycles. The Balaban J connectivity index is 1.44. The van der Waals surface area contributed by atoms with Gasteiger partial charge in [0.25, 0.3) is 11.7 Å². The highest BCUT2D eigenvalue weighted by Gasteiger charge is 2.54. The standard InChI is InChI=1S/C51H71N5O12/c1-25(2)23-52-34(57)22-35(58)67-46-29(7)33(65-12)16-21-66-50(11)48(63)38-36-37(44(61)32(10)47(38)68-50)45(62)41(40-39(36)54-51(55-40)17-19-56(20-18-51)24-26(3)4)53-49(64)28(6)15-13-14-27(5)42(59)30(8)43(60)31(46)9/h13-16,21,25-27,29-31,33,42-43,46,55,59-61H,17-20,22-24H2,1-12H3,(H,52,57)(H,53,64)/b14-13+,21-16+,28-15-/t27-,29+,30+,31+,33-,42-,43+,46+,50-/m0/s1. The Hall–Kier alpha value is -5.36. The Morgan fingerprint density at radius 3 is 2.25 bits per heavy atom. The fourth-order valence-electron chi connectivity index (χ4n) is 9.79. The van der Waals surface area contributed by atoms with Crippen molar-refractivity contribution >= 4 is 35.1 Å². The second-order valence-corrected chi connectivity index (χ2v) is 20.3. The lowest BCUT2D eigenvalue weighted by molar-refractivity contribution is -0.164. The van der Waals surface area contributed by atoms with Gasteiger partial charge in [-0.25, -0.2) is 0 Å². The number of hydrogen-bond donors (Lipinski definition) is 6. The van der Waals surface area contributed by atoms with Crippen molar-refractivity contribution in [1.29, 1.82) is 0 Å². The first-order chi connectivity index (χ1) is 31.9. The van der Waals surface area contributed by atoms with Crippen LogP contribution in [0, 0.1) is 42.4 Å². The number of ether oxygens (including phenoxy) is 4. The average Bonchev–Trinajstić information content (AvgIpc) is 3.79. The Morgan fingerprint density at radius 1 is 0.941 bits per heavy atom. The van der Waals surface area contributed by atoms with Crippen LogP contribution in [0.3, 0.4) is 0 Å². The fourth-order valence-corrected chi connectivity index (χ4v) is 9.79. The number of benzene rings is 1. The summed E-state index contributed by atoms with van der Waals surface area (Å²) in [4.78, 5) is 77.3. The van der Waals surface area contributed by atoms with E-state index in [0.29, 0.717) is 38.4 Å². The molecule has 5 bridgehead atoms. The van der Waals surface area contributed by atoms with Gasteiger partial charge in [-0.3, -0.25) is 29.0 Å². The molecule has 9 atom stereocenters. The molecule has 6 N–H and O–H groups in total. The van der Waals surface area contributed by atoms with E-state index in [1.54, 1.807) is 46.8 Å². The molecule has 2 amide bonds. The van der Waals surface area contributed by atoms with Gasteiger partial charge in [-0.1, -0.05) is 73.6 Å². The van der Waals surface area contributed by atoms with Crippen LogP contribution in [0.25, 0.3) is 0 Å². The summed E-state index contributed by atoms with van der Waals surface area (Å²) in [7, 11) is 1.43. The number of hydrogen-bond acceptors (Lipinski definition) is 15. The van der Waals surface area contributed by atoms with E-state index in [1.807, 2.05) is 13.8 Å². The fraction of sp³-hybridized carbons (Fsp3) is 0.608. The van der Waals surface area contributed by atoms with Crippen LogP contribution >= 0.6 is 0 Å². The van der Waals surface area contributed by atoms with E-state index in [0.717, 1.165) is 6.54 Å². The number of fused-ring (bicyclic) bond motifs is 3. The summed E-state index contributed by atoms with van der Waals surface area (Å²) in [5, 5.41) is 44.3. The lowest BCUT2D eigenvalue weighted by Gasteiger charge is -2.38. The lowest BCUT2D eigenvalue weighted by Crippen LogP contribution is -2.50. The van der Waals surface area contributed by atoms with Gasteiger partial charge in [-0.15, -0.1) is 0 Å². The first-order valence-corrected chi connectivity index (χ1v) is 23.8. The van der Waals surface area contributed by atoms with Crippen LogP contribution in [-0.2, 0) is 28.6 Å². The third-order valence-corrected chi connectivity index (χ3v) is 13.9. The molecule has 5 aliphatic rings. The second kappa shape index (κ2) is 20.7. The number of rotatable bonds is 8. The highest BCUT2D eigenvalue weighted by Crippen LogP contribution is 2.50. The number of carbonyl (C=O) groups excluding carboxylic acids is 5. The van der Waals surface area contributed by atoms with Crippen LogP contribution in [0.2, 0.25) is 0 Å². The topological polar surface area (TPSA) is 235 Å². The van der Waals surface area contributed by atoms with Crippen LogP contribution < -0.4 is 20.7 Å². The van der Waals surface area contributed by atoms with E-state index in [4.69, 9.17) is 23.9 Å². The van der Waals surface area contributed by atoms with Crippen LogP contribution in [0.4, 0.5) is 0 Å². The molecular weight excluding hydrogens is 875 g/mol. The van der Waals surface area contributed by atoms with Gasteiger partial charge in [0.2, 0.25) is 11.7 Å². The van der Waals surface area contributed by atoms with Gasteiger partial charge in [0, 0.05) is 93.4 Å². The van der Waals surface area contributed by atoms with Crippen LogP contribution in [0.5, 0.6) is 11.5 Å². The number of aliphatic hydroxyl groups is 2. The molecule has 17 heteroatoms. The van der Waals surface area contributed by atoms with Crippen molar-refractivity contribution in [2.45, 2.75) is 131 Å². The number of nitrogens with one attached hydrogen (secondary N) is 3. The van der Waals surface area contributed by atoms with Crippen molar-refractivity contribution in [3.8, 4) is 11.5 Å². The minimum atomic E-state index is -2.02. The molecule has 1 spiro atoms. The number of ketones is 2. The maximum Gasteiger partial charge on any atom is 0.315 e. The molecule has 0 unspecified atom stereocenters. The smallest absolute Gasteiger partial charge is 0.315 e. The van der Waals surface area contributed by atoms with E-state index in [2.05, 4.69) is 34.7 Å². The first kappa shape index (κ1) is 52.0. The summed E-state index contributed by atoms with van der Waals surface area (Å²) in [6, 6.07) is 0. The Kier molecular flexibility index (Phi) is 15.8. The molecule has 1 aromatic carbocycles. The number of amides is 2. The van der Waals surface area contributed by atoms with E-state index in [9.17, 15) is 39.3 Å². The number of allylic oxidation sites excluding steroid dienone is 4. The molecule has 17 nitrogen and oxygen atoms in total. The van der Waals surface area contributed by atoms with Gasteiger partial charge in [-0.2, -0.15) is 0 Å². The maximum absolute atomic E-state index is 14.8. The van der Waals surface area contributed by atoms with E-state index >= 15 is 0 Å². The van der Waals surface area contributed by atoms with Gasteiger partial charge in [0.15, 0.2) is 0 Å². The van der Waals surface area contributed by atoms with E-state index in [1.165, 1.54) is 39.4 Å². The Labute approximate surface area is 399 Å². The number of piperidine rings is 1. The number of Topliss-reactive ketones (excluding diaryl/α,β-unsaturated/α-hetero) is 2. The summed E-state index contributed by atoms with van der Waals surface area (Å²) < 4.78 is 24.3. The summed E-state index contributed by atoms with van der Waals surface area (Å²) >= 11 is 0. The van der Waals surface area contributed by atoms with Crippen molar-refractivity contribution < 1.29 is 58.2 Å². The average molecular weight is 946 g/mol. The first-order valence-electron chi connectivity index (χ1n) is 23.8. The molecule has 372 valence electrons. The molecule has 1 aromatic rings. The van der Waals surface area contributed by atoms with Crippen LogP contribution in [-0.4, -0.2) is 124 Å². The zero-order chi connectivity index (χ0) is 50.2. The SMILES string of the molecule is CO[C@H]1/C=C/O[C@@]2(C)Oc3c(C)c(O)c4c(c3C2=O)C2=NC3(CCN(CC(C)C)CC3)NC2=C(NC(=O)/C(C)=C\C=C\[C@H](C)[C@H](O)[C@@H](C)[C@@H](O)[C@@H](C)[C@H](OC(=O)CC(=O)NCC(C)C)[C@@H]1C)C4=O. The summed E-state index contributed by atoms with van der Waals surface area (Å²) in [6.07, 6.45) is 3.82. The normalized spacial score (nSPS) is 31.6. The Bertz CT molecular complexity index is 2320. The molecule has 68 heavy (non-hydrogen) atoms. The van der Waals surface area contributed by atoms with Crippen LogP contribution in [0.15, 0.2) is 52.5 Å². The number of aliphatic hydroxyl groups excluding tert-OH is 2. The number of phenols is 1. The van der Waals surface area contributed by atoms with Crippen molar-refractivity contribution in [1.82, 2.24) is 20.9 Å². The van der Waals surface area contributed by atoms with Gasteiger partial charge in [-0.05, 0) is 31.8 Å².